The molecule has 2 rings (SSSR count). The first-order chi connectivity index (χ1) is 13.1. The second kappa shape index (κ2) is 10.9. The van der Waals surface area contributed by atoms with Crippen LogP contribution < -0.4 is 20.1 Å². The zero-order valence-corrected chi connectivity index (χ0v) is 15.8. The molecule has 2 aromatic rings. The molecule has 2 aromatic carbocycles. The highest BCUT2D eigenvalue weighted by molar-refractivity contribution is 5.84. The smallest absolute Gasteiger partial charge is 0.239 e. The van der Waals surface area contributed by atoms with Crippen molar-refractivity contribution in [3.8, 4) is 11.5 Å². The summed E-state index contributed by atoms with van der Waals surface area (Å²) >= 11 is 0. The number of amides is 2. The van der Waals surface area contributed by atoms with E-state index in [0.717, 1.165) is 22.6 Å². The van der Waals surface area contributed by atoms with Crippen molar-refractivity contribution < 1.29 is 19.1 Å². The number of carbonyl (C=O) groups excluding carboxylic acids is 2. The molecular formula is C21H26N2O4. The van der Waals surface area contributed by atoms with Gasteiger partial charge in [-0.05, 0) is 42.7 Å². The molecule has 0 aliphatic rings. The molecule has 0 spiro atoms. The second-order valence-corrected chi connectivity index (χ2v) is 6.12. The summed E-state index contributed by atoms with van der Waals surface area (Å²) in [5.74, 6) is 1.21. The minimum Gasteiger partial charge on any atom is -0.497 e. The molecule has 0 bridgehead atoms. The predicted octanol–water partition coefficient (Wildman–Crippen LogP) is 2.60. The van der Waals surface area contributed by atoms with Crippen molar-refractivity contribution in [3.63, 3.8) is 0 Å². The van der Waals surface area contributed by atoms with Crippen molar-refractivity contribution in [2.45, 2.75) is 26.3 Å². The molecule has 0 aliphatic heterocycles. The average molecular weight is 370 g/mol. The van der Waals surface area contributed by atoms with Gasteiger partial charge in [0.05, 0.1) is 20.3 Å². The van der Waals surface area contributed by atoms with Gasteiger partial charge in [0, 0.05) is 13.0 Å². The first kappa shape index (κ1) is 20.3. The van der Waals surface area contributed by atoms with Gasteiger partial charge in [-0.15, -0.1) is 0 Å². The Bertz CT molecular complexity index is 744. The number of rotatable bonds is 10. The van der Waals surface area contributed by atoms with Gasteiger partial charge in [0.1, 0.15) is 11.5 Å². The summed E-state index contributed by atoms with van der Waals surface area (Å²) in [5.41, 5.74) is 2.03. The molecule has 0 unspecified atom stereocenters. The number of methoxy groups -OCH3 is 1. The van der Waals surface area contributed by atoms with Gasteiger partial charge in [0.2, 0.25) is 11.8 Å². The molecule has 6 heteroatoms. The van der Waals surface area contributed by atoms with Crippen molar-refractivity contribution in [1.82, 2.24) is 10.6 Å². The molecule has 0 radical (unpaired) electrons. The molecule has 0 saturated heterocycles. The minimum atomic E-state index is -0.227. The Morgan fingerprint density at radius 1 is 0.963 bits per heavy atom. The van der Waals surface area contributed by atoms with Crippen LogP contribution >= 0.6 is 0 Å². The number of para-hydroxylation sites is 1. The van der Waals surface area contributed by atoms with E-state index in [1.54, 1.807) is 7.11 Å². The maximum atomic E-state index is 11.8. The van der Waals surface area contributed by atoms with Crippen molar-refractivity contribution in [2.75, 3.05) is 20.3 Å². The fourth-order valence-corrected chi connectivity index (χ4v) is 2.41. The van der Waals surface area contributed by atoms with E-state index >= 15 is 0 Å². The molecule has 0 saturated carbocycles. The Morgan fingerprint density at radius 3 is 2.41 bits per heavy atom. The van der Waals surface area contributed by atoms with Gasteiger partial charge in [-0.2, -0.15) is 0 Å². The zero-order valence-electron chi connectivity index (χ0n) is 15.8. The van der Waals surface area contributed by atoms with Crippen LogP contribution in [0.1, 0.15) is 24.0 Å². The Balaban J connectivity index is 1.57. The van der Waals surface area contributed by atoms with Gasteiger partial charge in [-0.1, -0.05) is 30.3 Å². The second-order valence-electron chi connectivity index (χ2n) is 6.12. The summed E-state index contributed by atoms with van der Waals surface area (Å²) in [6.45, 7) is 2.81. The molecule has 27 heavy (non-hydrogen) atoms. The highest BCUT2D eigenvalue weighted by Crippen LogP contribution is 2.16. The van der Waals surface area contributed by atoms with E-state index in [1.165, 1.54) is 0 Å². The molecule has 0 heterocycles. The third-order valence-electron chi connectivity index (χ3n) is 3.99. The lowest BCUT2D eigenvalue weighted by Gasteiger charge is -2.09. The maximum absolute atomic E-state index is 11.8. The highest BCUT2D eigenvalue weighted by Gasteiger charge is 2.06. The molecular weight excluding hydrogens is 344 g/mol. The number of hydrogen-bond donors (Lipinski definition) is 2. The van der Waals surface area contributed by atoms with E-state index in [-0.39, 0.29) is 18.4 Å². The first-order valence-electron chi connectivity index (χ1n) is 8.93. The Morgan fingerprint density at radius 2 is 1.70 bits per heavy atom. The van der Waals surface area contributed by atoms with Crippen LogP contribution in [0.5, 0.6) is 11.5 Å². The number of nitrogens with one attached hydrogen (secondary N) is 2. The van der Waals surface area contributed by atoms with E-state index < -0.39 is 0 Å². The normalized spacial score (nSPS) is 10.1. The third-order valence-corrected chi connectivity index (χ3v) is 3.99. The van der Waals surface area contributed by atoms with Crippen LogP contribution in [0.2, 0.25) is 0 Å². The molecule has 0 aliphatic carbocycles. The van der Waals surface area contributed by atoms with E-state index in [4.69, 9.17) is 9.47 Å². The summed E-state index contributed by atoms with van der Waals surface area (Å²) in [6.07, 6.45) is 0.908. The van der Waals surface area contributed by atoms with Gasteiger partial charge in [0.25, 0.3) is 0 Å². The van der Waals surface area contributed by atoms with Crippen LogP contribution in [-0.2, 0) is 16.1 Å². The number of carbonyl (C=O) groups is 2. The zero-order chi connectivity index (χ0) is 19.5. The van der Waals surface area contributed by atoms with Crippen molar-refractivity contribution in [1.29, 1.82) is 0 Å². The summed E-state index contributed by atoms with van der Waals surface area (Å²) < 4.78 is 10.7. The van der Waals surface area contributed by atoms with Gasteiger partial charge < -0.3 is 20.1 Å². The number of hydrogen-bond acceptors (Lipinski definition) is 4. The van der Waals surface area contributed by atoms with E-state index in [9.17, 15) is 9.59 Å². The summed E-state index contributed by atoms with van der Waals surface area (Å²) in [4.78, 5) is 23.6. The lowest BCUT2D eigenvalue weighted by atomic mass is 10.2. The molecule has 0 fully saturated rings. The van der Waals surface area contributed by atoms with Crippen molar-refractivity contribution >= 4 is 11.8 Å². The highest BCUT2D eigenvalue weighted by atomic mass is 16.5. The standard InChI is InChI=1S/C21H26N2O4/c1-16-6-3-4-7-19(16)27-13-5-8-20(24)23-15-21(25)22-14-17-9-11-18(26-2)12-10-17/h3-4,6-7,9-12H,5,8,13-15H2,1-2H3,(H,22,25)(H,23,24). The molecule has 0 aromatic heterocycles. The number of benzene rings is 2. The van der Waals surface area contributed by atoms with Crippen LogP contribution in [0.25, 0.3) is 0 Å². The Hall–Kier alpha value is -3.02. The van der Waals surface area contributed by atoms with Gasteiger partial charge in [-0.3, -0.25) is 9.59 Å². The molecule has 0 atom stereocenters. The van der Waals surface area contributed by atoms with Crippen LogP contribution in [0, 0.1) is 6.92 Å². The topological polar surface area (TPSA) is 76.7 Å². The quantitative estimate of drug-likeness (QED) is 0.630. The van der Waals surface area contributed by atoms with Gasteiger partial charge in [0.15, 0.2) is 0 Å². The average Bonchev–Trinajstić information content (AvgIpc) is 2.69. The summed E-state index contributed by atoms with van der Waals surface area (Å²) in [6, 6.07) is 15.2. The Kier molecular flexibility index (Phi) is 8.16. The third kappa shape index (κ3) is 7.40. The van der Waals surface area contributed by atoms with Crippen LogP contribution in [0.4, 0.5) is 0 Å². The lowest BCUT2D eigenvalue weighted by Crippen LogP contribution is -2.36. The first-order valence-corrected chi connectivity index (χ1v) is 8.93. The van der Waals surface area contributed by atoms with Crippen LogP contribution in [0.15, 0.2) is 48.5 Å². The largest absolute Gasteiger partial charge is 0.497 e. The summed E-state index contributed by atoms with van der Waals surface area (Å²) in [5, 5.41) is 5.39. The van der Waals surface area contributed by atoms with E-state index in [0.29, 0.717) is 26.0 Å². The van der Waals surface area contributed by atoms with Gasteiger partial charge >= 0.3 is 0 Å². The van der Waals surface area contributed by atoms with E-state index in [2.05, 4.69) is 10.6 Å². The predicted molar refractivity (Wildman–Crippen MR) is 104 cm³/mol. The van der Waals surface area contributed by atoms with Crippen molar-refractivity contribution in [3.05, 3.63) is 59.7 Å². The van der Waals surface area contributed by atoms with Gasteiger partial charge in [-0.25, -0.2) is 0 Å². The number of aryl methyl sites for hydroxylation is 1. The molecule has 2 N–H and O–H groups in total. The molecule has 144 valence electrons. The monoisotopic (exact) mass is 370 g/mol. The lowest BCUT2D eigenvalue weighted by molar-refractivity contribution is -0.126. The Labute approximate surface area is 159 Å². The van der Waals surface area contributed by atoms with Crippen LogP contribution in [0.3, 0.4) is 0 Å². The van der Waals surface area contributed by atoms with Crippen molar-refractivity contribution in [2.24, 2.45) is 0 Å². The van der Waals surface area contributed by atoms with Crippen LogP contribution in [-0.4, -0.2) is 32.1 Å². The maximum Gasteiger partial charge on any atom is 0.239 e. The minimum absolute atomic E-state index is 0.0341. The summed E-state index contributed by atoms with van der Waals surface area (Å²) in [7, 11) is 1.61. The SMILES string of the molecule is COc1ccc(CNC(=O)CNC(=O)CCCOc2ccccc2C)cc1. The fourth-order valence-electron chi connectivity index (χ4n) is 2.41. The fraction of sp³-hybridized carbons (Fsp3) is 0.333. The molecule has 2 amide bonds. The van der Waals surface area contributed by atoms with E-state index in [1.807, 2.05) is 55.5 Å². The number of ether oxygens (including phenoxy) is 2. The molecule has 6 nitrogen and oxygen atoms in total.